The maximum atomic E-state index is 9.50. The van der Waals surface area contributed by atoms with Gasteiger partial charge in [0.2, 0.25) is 0 Å². The number of nitriles is 1. The van der Waals surface area contributed by atoms with Crippen molar-refractivity contribution in [2.75, 3.05) is 0 Å². The SMILES string of the molecule is N#Cc1ccc2c(c1)-c1c(Cl)cccc1C21c2ccccc2Oc2ccccc21. The van der Waals surface area contributed by atoms with E-state index in [0.717, 1.165) is 44.9 Å². The average molecular weight is 392 g/mol. The first-order valence-corrected chi connectivity index (χ1v) is 9.84. The highest BCUT2D eigenvalue weighted by Crippen LogP contribution is 2.62. The minimum atomic E-state index is -0.533. The number of hydrogen-bond donors (Lipinski definition) is 0. The Morgan fingerprint density at radius 3 is 2.07 bits per heavy atom. The van der Waals surface area contributed by atoms with Gasteiger partial charge in [-0.25, -0.2) is 0 Å². The Balaban J connectivity index is 1.86. The van der Waals surface area contributed by atoms with Gasteiger partial charge in [-0.05, 0) is 47.0 Å². The minimum Gasteiger partial charge on any atom is -0.457 e. The van der Waals surface area contributed by atoms with Crippen molar-refractivity contribution in [3.05, 3.63) is 118 Å². The first kappa shape index (κ1) is 16.4. The molecule has 0 bridgehead atoms. The summed E-state index contributed by atoms with van der Waals surface area (Å²) in [6, 6.07) is 30.6. The van der Waals surface area contributed by atoms with Gasteiger partial charge >= 0.3 is 0 Å². The van der Waals surface area contributed by atoms with Crippen molar-refractivity contribution >= 4 is 11.6 Å². The van der Waals surface area contributed by atoms with Crippen molar-refractivity contribution in [2.24, 2.45) is 0 Å². The second-order valence-corrected chi connectivity index (χ2v) is 7.79. The number of benzene rings is 4. The zero-order chi connectivity index (χ0) is 19.6. The molecule has 0 atom stereocenters. The van der Waals surface area contributed by atoms with E-state index in [1.165, 1.54) is 0 Å². The van der Waals surface area contributed by atoms with Gasteiger partial charge in [0, 0.05) is 21.7 Å². The molecule has 6 rings (SSSR count). The molecule has 4 aromatic carbocycles. The van der Waals surface area contributed by atoms with E-state index in [-0.39, 0.29) is 0 Å². The summed E-state index contributed by atoms with van der Waals surface area (Å²) >= 11 is 6.74. The van der Waals surface area contributed by atoms with Gasteiger partial charge in [-0.15, -0.1) is 0 Å². The fourth-order valence-electron chi connectivity index (χ4n) is 4.98. The van der Waals surface area contributed by atoms with Crippen LogP contribution in [0.4, 0.5) is 0 Å². The Bertz CT molecular complexity index is 1320. The maximum absolute atomic E-state index is 9.50. The third-order valence-electron chi connectivity index (χ3n) is 6.04. The molecule has 136 valence electrons. The highest BCUT2D eigenvalue weighted by molar-refractivity contribution is 6.34. The minimum absolute atomic E-state index is 0.533. The third-order valence-corrected chi connectivity index (χ3v) is 6.36. The summed E-state index contributed by atoms with van der Waals surface area (Å²) in [4.78, 5) is 0. The van der Waals surface area contributed by atoms with Crippen LogP contribution in [0.5, 0.6) is 11.5 Å². The molecule has 0 aromatic heterocycles. The summed E-state index contributed by atoms with van der Waals surface area (Å²) in [5, 5.41) is 10.2. The van der Waals surface area contributed by atoms with Crippen LogP contribution in [0.2, 0.25) is 5.02 Å². The number of rotatable bonds is 0. The first-order valence-electron chi connectivity index (χ1n) is 9.46. The van der Waals surface area contributed by atoms with Gasteiger partial charge < -0.3 is 4.74 Å². The molecule has 0 saturated heterocycles. The lowest BCUT2D eigenvalue weighted by Gasteiger charge is -2.39. The van der Waals surface area contributed by atoms with Gasteiger partial charge in [-0.3, -0.25) is 0 Å². The second-order valence-electron chi connectivity index (χ2n) is 7.38. The fourth-order valence-corrected chi connectivity index (χ4v) is 5.25. The van der Waals surface area contributed by atoms with Gasteiger partial charge in [0.1, 0.15) is 11.5 Å². The summed E-state index contributed by atoms with van der Waals surface area (Å²) in [6.07, 6.45) is 0. The van der Waals surface area contributed by atoms with Crippen molar-refractivity contribution < 1.29 is 4.74 Å². The molecule has 0 fully saturated rings. The fraction of sp³-hybridized carbons (Fsp3) is 0.0385. The molecule has 2 nitrogen and oxygen atoms in total. The molecule has 4 aromatic rings. The van der Waals surface area contributed by atoms with Crippen molar-refractivity contribution in [1.29, 1.82) is 5.26 Å². The van der Waals surface area contributed by atoms with Crippen LogP contribution in [0.15, 0.2) is 84.9 Å². The smallest absolute Gasteiger partial charge is 0.132 e. The Kier molecular flexibility index (Phi) is 3.25. The Hall–Kier alpha value is -3.54. The van der Waals surface area contributed by atoms with Crippen LogP contribution < -0.4 is 4.74 Å². The molecule has 0 saturated carbocycles. The van der Waals surface area contributed by atoms with E-state index in [9.17, 15) is 5.26 Å². The lowest BCUT2D eigenvalue weighted by atomic mass is 9.66. The number of fused-ring (bicyclic) bond motifs is 9. The van der Waals surface area contributed by atoms with Gasteiger partial charge in [-0.2, -0.15) is 5.26 Å². The Morgan fingerprint density at radius 2 is 1.38 bits per heavy atom. The van der Waals surface area contributed by atoms with Crippen LogP contribution in [-0.2, 0) is 5.41 Å². The number of nitrogens with zero attached hydrogens (tertiary/aromatic N) is 1. The number of halogens is 1. The third kappa shape index (κ3) is 1.95. The summed E-state index contributed by atoms with van der Waals surface area (Å²) < 4.78 is 6.28. The van der Waals surface area contributed by atoms with E-state index < -0.39 is 5.41 Å². The summed E-state index contributed by atoms with van der Waals surface area (Å²) in [7, 11) is 0. The highest BCUT2D eigenvalue weighted by Gasteiger charge is 2.51. The zero-order valence-corrected chi connectivity index (χ0v) is 16.1. The van der Waals surface area contributed by atoms with Crippen molar-refractivity contribution in [2.45, 2.75) is 5.41 Å². The second kappa shape index (κ2) is 5.73. The lowest BCUT2D eigenvalue weighted by Crippen LogP contribution is -2.32. The van der Waals surface area contributed by atoms with Gasteiger partial charge in [0.25, 0.3) is 0 Å². The van der Waals surface area contributed by atoms with Crippen LogP contribution in [0, 0.1) is 11.3 Å². The van der Waals surface area contributed by atoms with Crippen LogP contribution in [0.25, 0.3) is 11.1 Å². The molecule has 1 aliphatic heterocycles. The van der Waals surface area contributed by atoms with E-state index in [0.29, 0.717) is 10.6 Å². The molecular formula is C26H14ClNO. The standard InChI is InChI=1S/C26H14ClNO/c27-22-9-5-8-21-25(22)17-14-16(15-28)12-13-18(17)26(21)19-6-1-3-10-23(19)29-24-11-4-2-7-20(24)26/h1-14H. The topological polar surface area (TPSA) is 33.0 Å². The van der Waals surface area contributed by atoms with Crippen molar-refractivity contribution in [3.8, 4) is 28.7 Å². The van der Waals surface area contributed by atoms with Crippen LogP contribution in [0.1, 0.15) is 27.8 Å². The predicted molar refractivity (Wildman–Crippen MR) is 114 cm³/mol. The molecule has 2 aliphatic rings. The normalized spacial score (nSPS) is 14.2. The van der Waals surface area contributed by atoms with E-state index in [1.54, 1.807) is 0 Å². The first-order chi connectivity index (χ1) is 14.2. The summed E-state index contributed by atoms with van der Waals surface area (Å²) in [6.45, 7) is 0. The Labute approximate surface area is 173 Å². The molecule has 29 heavy (non-hydrogen) atoms. The molecule has 1 spiro atoms. The van der Waals surface area contributed by atoms with Crippen molar-refractivity contribution in [1.82, 2.24) is 0 Å². The van der Waals surface area contributed by atoms with E-state index in [4.69, 9.17) is 16.3 Å². The summed E-state index contributed by atoms with van der Waals surface area (Å²) in [5.74, 6) is 1.68. The highest BCUT2D eigenvalue weighted by atomic mass is 35.5. The number of hydrogen-bond acceptors (Lipinski definition) is 2. The predicted octanol–water partition coefficient (Wildman–Crippen LogP) is 6.68. The molecule has 0 radical (unpaired) electrons. The average Bonchev–Trinajstić information content (AvgIpc) is 3.05. The lowest BCUT2D eigenvalue weighted by molar-refractivity contribution is 0.436. The number of para-hydroxylation sites is 2. The molecule has 1 aliphatic carbocycles. The van der Waals surface area contributed by atoms with Gasteiger partial charge in [-0.1, -0.05) is 66.2 Å². The van der Waals surface area contributed by atoms with Gasteiger partial charge in [0.05, 0.1) is 17.0 Å². The van der Waals surface area contributed by atoms with E-state index in [2.05, 4.69) is 30.3 Å². The number of ether oxygens (including phenoxy) is 1. The molecule has 3 heteroatoms. The van der Waals surface area contributed by atoms with E-state index >= 15 is 0 Å². The molecule has 0 amide bonds. The van der Waals surface area contributed by atoms with Crippen molar-refractivity contribution in [3.63, 3.8) is 0 Å². The largest absolute Gasteiger partial charge is 0.457 e. The monoisotopic (exact) mass is 391 g/mol. The van der Waals surface area contributed by atoms with E-state index in [1.807, 2.05) is 60.7 Å². The quantitative estimate of drug-likeness (QED) is 0.289. The van der Waals surface area contributed by atoms with Crippen LogP contribution >= 0.6 is 11.6 Å². The van der Waals surface area contributed by atoms with Crippen LogP contribution in [0.3, 0.4) is 0 Å². The molecule has 1 heterocycles. The zero-order valence-electron chi connectivity index (χ0n) is 15.3. The van der Waals surface area contributed by atoms with Crippen LogP contribution in [-0.4, -0.2) is 0 Å². The van der Waals surface area contributed by atoms with Gasteiger partial charge in [0.15, 0.2) is 0 Å². The maximum Gasteiger partial charge on any atom is 0.132 e. The Morgan fingerprint density at radius 1 is 0.724 bits per heavy atom. The molecule has 0 N–H and O–H groups in total. The summed E-state index contributed by atoms with van der Waals surface area (Å²) in [5.41, 5.74) is 6.52. The molecule has 0 unspecified atom stereocenters. The molecular weight excluding hydrogens is 378 g/mol.